The molecule has 0 aliphatic carbocycles. The highest BCUT2D eigenvalue weighted by atomic mass is 79.9. The minimum Gasteiger partial charge on any atom is -0.480 e. The van der Waals surface area contributed by atoms with Crippen LogP contribution < -0.4 is 9.64 Å². The van der Waals surface area contributed by atoms with Gasteiger partial charge in [-0.2, -0.15) is 4.98 Å². The highest BCUT2D eigenvalue weighted by molar-refractivity contribution is 9.10. The smallest absolute Gasteiger partial charge is 0.232 e. The molecule has 1 rings (SSSR count). The summed E-state index contributed by atoms with van der Waals surface area (Å²) in [6, 6.07) is 0. The monoisotopic (exact) mass is 285 g/mol. The van der Waals surface area contributed by atoms with Gasteiger partial charge in [0.05, 0.1) is 17.8 Å². The van der Waals surface area contributed by atoms with Crippen molar-refractivity contribution in [1.29, 1.82) is 0 Å². The van der Waals surface area contributed by atoms with E-state index in [0.29, 0.717) is 11.8 Å². The van der Waals surface area contributed by atoms with Crippen molar-refractivity contribution < 1.29 is 4.74 Å². The molecule has 4 nitrogen and oxygen atoms in total. The van der Waals surface area contributed by atoms with Crippen LogP contribution in [0.3, 0.4) is 0 Å². The summed E-state index contributed by atoms with van der Waals surface area (Å²) in [6.07, 6.45) is 5.65. The van der Waals surface area contributed by atoms with E-state index in [9.17, 15) is 0 Å². The first kappa shape index (κ1) is 13.0. The normalized spacial score (nSPS) is 9.94. The summed E-state index contributed by atoms with van der Waals surface area (Å²) in [5.74, 6) is 1.23. The highest BCUT2D eigenvalue weighted by Gasteiger charge is 2.08. The van der Waals surface area contributed by atoms with Gasteiger partial charge in [0.1, 0.15) is 0 Å². The number of nitrogens with zero attached hydrogens (tertiary/aromatic N) is 3. The Morgan fingerprint density at radius 1 is 1.62 bits per heavy atom. The van der Waals surface area contributed by atoms with E-state index >= 15 is 0 Å². The molecule has 0 saturated heterocycles. The van der Waals surface area contributed by atoms with E-state index in [1.165, 1.54) is 0 Å². The van der Waals surface area contributed by atoms with E-state index in [4.69, 9.17) is 4.74 Å². The maximum atomic E-state index is 5.12. The van der Waals surface area contributed by atoms with Crippen molar-refractivity contribution in [3.05, 3.63) is 23.3 Å². The van der Waals surface area contributed by atoms with Gasteiger partial charge in [-0.15, -0.1) is 6.58 Å². The van der Waals surface area contributed by atoms with Crippen molar-refractivity contribution in [3.63, 3.8) is 0 Å². The molecule has 16 heavy (non-hydrogen) atoms. The summed E-state index contributed by atoms with van der Waals surface area (Å²) < 4.78 is 5.88. The van der Waals surface area contributed by atoms with Crippen molar-refractivity contribution in [2.45, 2.75) is 12.8 Å². The zero-order valence-electron chi connectivity index (χ0n) is 9.61. The van der Waals surface area contributed by atoms with E-state index in [-0.39, 0.29) is 0 Å². The van der Waals surface area contributed by atoms with Gasteiger partial charge in [0, 0.05) is 13.6 Å². The third-order valence-corrected chi connectivity index (χ3v) is 2.68. The number of allylic oxidation sites excluding steroid dienone is 1. The molecule has 0 radical (unpaired) electrons. The number of ether oxygens (including phenoxy) is 1. The number of aromatic nitrogens is 2. The number of anilines is 1. The van der Waals surface area contributed by atoms with Crippen LogP contribution in [0.2, 0.25) is 0 Å². The summed E-state index contributed by atoms with van der Waals surface area (Å²) in [5, 5.41) is 0. The highest BCUT2D eigenvalue weighted by Crippen LogP contribution is 2.22. The van der Waals surface area contributed by atoms with Crippen LogP contribution in [0.4, 0.5) is 5.95 Å². The molecule has 0 bridgehead atoms. The molecular formula is C11H16BrN3O. The first-order valence-corrected chi connectivity index (χ1v) is 5.87. The molecule has 1 heterocycles. The topological polar surface area (TPSA) is 38.2 Å². The van der Waals surface area contributed by atoms with Crippen molar-refractivity contribution in [2.75, 3.05) is 25.6 Å². The first-order valence-electron chi connectivity index (χ1n) is 5.07. The zero-order chi connectivity index (χ0) is 12.0. The van der Waals surface area contributed by atoms with Gasteiger partial charge >= 0.3 is 0 Å². The van der Waals surface area contributed by atoms with Gasteiger partial charge < -0.3 is 9.64 Å². The second-order valence-corrected chi connectivity index (χ2v) is 4.23. The zero-order valence-corrected chi connectivity index (χ0v) is 11.2. The largest absolute Gasteiger partial charge is 0.480 e. The van der Waals surface area contributed by atoms with Crippen molar-refractivity contribution in [1.82, 2.24) is 9.97 Å². The number of rotatable bonds is 6. The number of hydrogen-bond donors (Lipinski definition) is 0. The SMILES string of the molecule is C=CCCCN(C)c1ncc(Br)c(OC)n1. The van der Waals surface area contributed by atoms with Crippen LogP contribution in [-0.2, 0) is 0 Å². The van der Waals surface area contributed by atoms with Crippen LogP contribution in [0.15, 0.2) is 23.3 Å². The molecule has 5 heteroatoms. The number of methoxy groups -OCH3 is 1. The molecule has 0 N–H and O–H groups in total. The van der Waals surface area contributed by atoms with Gasteiger partial charge in [-0.3, -0.25) is 0 Å². The number of hydrogen-bond acceptors (Lipinski definition) is 4. The standard InChI is InChI=1S/C11H16BrN3O/c1-4-5-6-7-15(2)11-13-8-9(12)10(14-11)16-3/h4,8H,1,5-7H2,2-3H3. The minimum atomic E-state index is 0.556. The Bertz CT molecular complexity index is 357. The van der Waals surface area contributed by atoms with Gasteiger partial charge in [0.15, 0.2) is 0 Å². The van der Waals surface area contributed by atoms with Crippen LogP contribution >= 0.6 is 15.9 Å². The summed E-state index contributed by atoms with van der Waals surface area (Å²) in [7, 11) is 3.56. The third kappa shape index (κ3) is 3.48. The fourth-order valence-electron chi connectivity index (χ4n) is 1.24. The molecular weight excluding hydrogens is 270 g/mol. The van der Waals surface area contributed by atoms with Gasteiger partial charge in [0.2, 0.25) is 11.8 Å². The Hall–Kier alpha value is -1.10. The molecule has 0 atom stereocenters. The average molecular weight is 286 g/mol. The fourth-order valence-corrected chi connectivity index (χ4v) is 1.60. The van der Waals surface area contributed by atoms with E-state index in [1.807, 2.05) is 18.0 Å². The van der Waals surface area contributed by atoms with Gasteiger partial charge in [-0.25, -0.2) is 4.98 Å². The lowest BCUT2D eigenvalue weighted by Crippen LogP contribution is -2.21. The Morgan fingerprint density at radius 2 is 2.38 bits per heavy atom. The Labute approximate surface area is 104 Å². The summed E-state index contributed by atoms with van der Waals surface area (Å²) in [5.41, 5.74) is 0. The third-order valence-electron chi connectivity index (χ3n) is 2.14. The second-order valence-electron chi connectivity index (χ2n) is 3.38. The molecule has 0 unspecified atom stereocenters. The summed E-state index contributed by atoms with van der Waals surface area (Å²) in [4.78, 5) is 10.5. The minimum absolute atomic E-state index is 0.556. The molecule has 0 amide bonds. The summed E-state index contributed by atoms with van der Waals surface area (Å²) >= 11 is 3.32. The number of unbranched alkanes of at least 4 members (excludes halogenated alkanes) is 1. The molecule has 0 spiro atoms. The van der Waals surface area contributed by atoms with E-state index in [1.54, 1.807) is 13.3 Å². The molecule has 0 aliphatic rings. The van der Waals surface area contributed by atoms with Crippen LogP contribution in [0, 0.1) is 0 Å². The fraction of sp³-hybridized carbons (Fsp3) is 0.455. The van der Waals surface area contributed by atoms with Gasteiger partial charge in [-0.05, 0) is 28.8 Å². The van der Waals surface area contributed by atoms with E-state index < -0.39 is 0 Å². The van der Waals surface area contributed by atoms with Crippen LogP contribution in [-0.4, -0.2) is 30.7 Å². The number of halogens is 1. The molecule has 1 aromatic rings. The lowest BCUT2D eigenvalue weighted by atomic mass is 10.3. The lowest BCUT2D eigenvalue weighted by molar-refractivity contribution is 0.394. The quantitative estimate of drug-likeness (QED) is 0.595. The van der Waals surface area contributed by atoms with E-state index in [2.05, 4.69) is 32.5 Å². The summed E-state index contributed by atoms with van der Waals surface area (Å²) in [6.45, 7) is 4.59. The Kier molecular flexibility index (Phi) is 5.25. The molecule has 0 fully saturated rings. The van der Waals surface area contributed by atoms with Gasteiger partial charge in [-0.1, -0.05) is 6.08 Å². The van der Waals surface area contributed by atoms with Crippen molar-refractivity contribution >= 4 is 21.9 Å². The molecule has 0 saturated carbocycles. The molecule has 0 aromatic carbocycles. The average Bonchev–Trinajstić information content (AvgIpc) is 2.30. The molecule has 88 valence electrons. The van der Waals surface area contributed by atoms with Crippen LogP contribution in [0.5, 0.6) is 5.88 Å². The Morgan fingerprint density at radius 3 is 3.00 bits per heavy atom. The van der Waals surface area contributed by atoms with Crippen LogP contribution in [0.25, 0.3) is 0 Å². The second kappa shape index (κ2) is 6.48. The Balaban J connectivity index is 2.67. The predicted octanol–water partition coefficient (Wildman–Crippen LogP) is 2.65. The van der Waals surface area contributed by atoms with Crippen molar-refractivity contribution in [2.24, 2.45) is 0 Å². The molecule has 0 aliphatic heterocycles. The van der Waals surface area contributed by atoms with E-state index in [0.717, 1.165) is 23.9 Å². The first-order chi connectivity index (χ1) is 7.69. The van der Waals surface area contributed by atoms with Gasteiger partial charge in [0.25, 0.3) is 0 Å². The van der Waals surface area contributed by atoms with Crippen molar-refractivity contribution in [3.8, 4) is 5.88 Å². The predicted molar refractivity (Wildman–Crippen MR) is 69.0 cm³/mol. The molecule has 1 aromatic heterocycles. The lowest BCUT2D eigenvalue weighted by Gasteiger charge is -2.17. The maximum Gasteiger partial charge on any atom is 0.232 e. The maximum absolute atomic E-state index is 5.12. The van der Waals surface area contributed by atoms with Crippen LogP contribution in [0.1, 0.15) is 12.8 Å².